The van der Waals surface area contributed by atoms with Crippen LogP contribution >= 0.6 is 0 Å². The van der Waals surface area contributed by atoms with Crippen LogP contribution in [0.3, 0.4) is 0 Å². The number of nitrogens with one attached hydrogen (secondary N) is 1. The molecule has 1 aromatic carbocycles. The molecule has 0 heterocycles. The van der Waals surface area contributed by atoms with Gasteiger partial charge in [0.05, 0.1) is 19.8 Å². The molecule has 0 radical (unpaired) electrons. The van der Waals surface area contributed by atoms with Crippen molar-refractivity contribution in [2.45, 2.75) is 25.7 Å². The standard InChI is InChI=1S/C15H22N2O3/c1-19-13-8-11(12(16)9-14(13)20-2)15(18)17-7-3-4-10-5-6-10/h8-10H,3-7,16H2,1-2H3,(H,17,18). The van der Waals surface area contributed by atoms with Gasteiger partial charge in [-0.05, 0) is 24.8 Å². The van der Waals surface area contributed by atoms with E-state index >= 15 is 0 Å². The van der Waals surface area contributed by atoms with E-state index in [4.69, 9.17) is 15.2 Å². The van der Waals surface area contributed by atoms with Gasteiger partial charge in [0.15, 0.2) is 11.5 Å². The molecule has 0 bridgehead atoms. The Morgan fingerprint density at radius 3 is 2.55 bits per heavy atom. The number of benzene rings is 1. The van der Waals surface area contributed by atoms with E-state index < -0.39 is 0 Å². The van der Waals surface area contributed by atoms with Crippen molar-refractivity contribution >= 4 is 11.6 Å². The molecular formula is C15H22N2O3. The molecule has 0 aliphatic heterocycles. The maximum Gasteiger partial charge on any atom is 0.253 e. The molecule has 5 heteroatoms. The van der Waals surface area contributed by atoms with Crippen molar-refractivity contribution in [3.8, 4) is 11.5 Å². The number of nitrogens with two attached hydrogens (primary N) is 1. The van der Waals surface area contributed by atoms with Crippen LogP contribution in [0.1, 0.15) is 36.0 Å². The highest BCUT2D eigenvalue weighted by molar-refractivity contribution is 6.00. The Balaban J connectivity index is 1.96. The summed E-state index contributed by atoms with van der Waals surface area (Å²) in [4.78, 5) is 12.1. The van der Waals surface area contributed by atoms with Crippen molar-refractivity contribution in [3.63, 3.8) is 0 Å². The Bertz CT molecular complexity index is 484. The van der Waals surface area contributed by atoms with Gasteiger partial charge in [0.2, 0.25) is 0 Å². The van der Waals surface area contributed by atoms with E-state index in [2.05, 4.69) is 5.32 Å². The molecule has 0 aromatic heterocycles. The number of ether oxygens (including phenoxy) is 2. The third kappa shape index (κ3) is 3.56. The number of carbonyl (C=O) groups excluding carboxylic acids is 1. The zero-order valence-electron chi connectivity index (χ0n) is 12.1. The highest BCUT2D eigenvalue weighted by Crippen LogP contribution is 2.33. The number of nitrogen functional groups attached to an aromatic ring is 1. The van der Waals surface area contributed by atoms with Gasteiger partial charge in [0.1, 0.15) is 0 Å². The third-order valence-electron chi connectivity index (χ3n) is 3.57. The molecule has 0 atom stereocenters. The molecule has 0 unspecified atom stereocenters. The molecule has 3 N–H and O–H groups in total. The lowest BCUT2D eigenvalue weighted by Crippen LogP contribution is -2.25. The van der Waals surface area contributed by atoms with E-state index in [-0.39, 0.29) is 5.91 Å². The zero-order chi connectivity index (χ0) is 14.5. The minimum Gasteiger partial charge on any atom is -0.493 e. The second-order valence-corrected chi connectivity index (χ2v) is 5.14. The maximum atomic E-state index is 12.1. The van der Waals surface area contributed by atoms with Crippen LogP contribution in [-0.2, 0) is 0 Å². The van der Waals surface area contributed by atoms with Gasteiger partial charge in [-0.3, -0.25) is 4.79 Å². The summed E-state index contributed by atoms with van der Waals surface area (Å²) >= 11 is 0. The number of carbonyl (C=O) groups is 1. The summed E-state index contributed by atoms with van der Waals surface area (Å²) in [6.07, 6.45) is 4.90. The number of anilines is 1. The molecule has 1 amide bonds. The maximum absolute atomic E-state index is 12.1. The Hall–Kier alpha value is -1.91. The van der Waals surface area contributed by atoms with Crippen molar-refractivity contribution in [2.75, 3.05) is 26.5 Å². The van der Waals surface area contributed by atoms with Crippen LogP contribution < -0.4 is 20.5 Å². The predicted molar refractivity (Wildman–Crippen MR) is 78.2 cm³/mol. The van der Waals surface area contributed by atoms with E-state index in [1.165, 1.54) is 33.5 Å². The molecule has 2 rings (SSSR count). The van der Waals surface area contributed by atoms with Gasteiger partial charge in [-0.2, -0.15) is 0 Å². The summed E-state index contributed by atoms with van der Waals surface area (Å²) in [5, 5.41) is 2.90. The SMILES string of the molecule is COc1cc(N)c(C(=O)NCCCC2CC2)cc1OC. The Labute approximate surface area is 119 Å². The molecule has 1 fully saturated rings. The van der Waals surface area contributed by atoms with Gasteiger partial charge in [-0.15, -0.1) is 0 Å². The van der Waals surface area contributed by atoms with Crippen LogP contribution in [0, 0.1) is 5.92 Å². The molecule has 1 aromatic rings. The smallest absolute Gasteiger partial charge is 0.253 e. The predicted octanol–water partition coefficient (Wildman–Crippen LogP) is 2.21. The molecule has 1 aliphatic carbocycles. The molecule has 0 spiro atoms. The summed E-state index contributed by atoms with van der Waals surface area (Å²) in [6.45, 7) is 0.684. The Morgan fingerprint density at radius 1 is 1.30 bits per heavy atom. The first-order valence-electron chi connectivity index (χ1n) is 6.95. The average molecular weight is 278 g/mol. The van der Waals surface area contributed by atoms with Gasteiger partial charge in [0, 0.05) is 18.3 Å². The fourth-order valence-electron chi connectivity index (χ4n) is 2.19. The normalized spacial score (nSPS) is 13.9. The first-order valence-corrected chi connectivity index (χ1v) is 6.95. The van der Waals surface area contributed by atoms with Crippen LogP contribution in [0.2, 0.25) is 0 Å². The summed E-state index contributed by atoms with van der Waals surface area (Å²) in [7, 11) is 3.07. The van der Waals surface area contributed by atoms with Gasteiger partial charge < -0.3 is 20.5 Å². The molecule has 110 valence electrons. The van der Waals surface area contributed by atoms with Crippen molar-refractivity contribution in [3.05, 3.63) is 17.7 Å². The molecular weight excluding hydrogens is 256 g/mol. The lowest BCUT2D eigenvalue weighted by Gasteiger charge is -2.12. The van der Waals surface area contributed by atoms with E-state index in [0.717, 1.165) is 12.3 Å². The second kappa shape index (κ2) is 6.50. The van der Waals surface area contributed by atoms with E-state index in [0.29, 0.717) is 29.3 Å². The van der Waals surface area contributed by atoms with Crippen molar-refractivity contribution < 1.29 is 14.3 Å². The van der Waals surface area contributed by atoms with Gasteiger partial charge in [0.25, 0.3) is 5.91 Å². The van der Waals surface area contributed by atoms with Gasteiger partial charge >= 0.3 is 0 Å². The van der Waals surface area contributed by atoms with Crippen LogP contribution in [0.25, 0.3) is 0 Å². The first-order chi connectivity index (χ1) is 9.65. The molecule has 20 heavy (non-hydrogen) atoms. The van der Waals surface area contributed by atoms with Gasteiger partial charge in [-0.1, -0.05) is 12.8 Å². The summed E-state index contributed by atoms with van der Waals surface area (Å²) < 4.78 is 10.3. The van der Waals surface area contributed by atoms with Crippen LogP contribution in [0.5, 0.6) is 11.5 Å². The molecule has 0 saturated heterocycles. The molecule has 1 saturated carbocycles. The summed E-state index contributed by atoms with van der Waals surface area (Å²) in [6, 6.07) is 3.22. The Morgan fingerprint density at radius 2 is 1.95 bits per heavy atom. The average Bonchev–Trinajstić information content (AvgIpc) is 3.27. The van der Waals surface area contributed by atoms with Crippen molar-refractivity contribution in [1.82, 2.24) is 5.32 Å². The van der Waals surface area contributed by atoms with Crippen LogP contribution in [0.4, 0.5) is 5.69 Å². The lowest BCUT2D eigenvalue weighted by atomic mass is 10.1. The second-order valence-electron chi connectivity index (χ2n) is 5.14. The minimum atomic E-state index is -0.167. The first kappa shape index (κ1) is 14.5. The molecule has 5 nitrogen and oxygen atoms in total. The fourth-order valence-corrected chi connectivity index (χ4v) is 2.19. The van der Waals surface area contributed by atoms with Crippen LogP contribution in [0.15, 0.2) is 12.1 Å². The van der Waals surface area contributed by atoms with Crippen LogP contribution in [-0.4, -0.2) is 26.7 Å². The lowest BCUT2D eigenvalue weighted by molar-refractivity contribution is 0.0953. The van der Waals surface area contributed by atoms with Gasteiger partial charge in [-0.25, -0.2) is 0 Å². The zero-order valence-corrected chi connectivity index (χ0v) is 12.1. The number of rotatable bonds is 7. The van der Waals surface area contributed by atoms with Crippen molar-refractivity contribution in [2.24, 2.45) is 5.92 Å². The Kier molecular flexibility index (Phi) is 4.71. The fraction of sp³-hybridized carbons (Fsp3) is 0.533. The number of hydrogen-bond donors (Lipinski definition) is 2. The number of methoxy groups -OCH3 is 2. The number of hydrogen-bond acceptors (Lipinski definition) is 4. The molecule has 1 aliphatic rings. The van der Waals surface area contributed by atoms with E-state index in [1.807, 2.05) is 0 Å². The topological polar surface area (TPSA) is 73.6 Å². The van der Waals surface area contributed by atoms with E-state index in [1.54, 1.807) is 12.1 Å². The highest BCUT2D eigenvalue weighted by atomic mass is 16.5. The quantitative estimate of drug-likeness (QED) is 0.592. The third-order valence-corrected chi connectivity index (χ3v) is 3.57. The van der Waals surface area contributed by atoms with E-state index in [9.17, 15) is 4.79 Å². The minimum absolute atomic E-state index is 0.167. The van der Waals surface area contributed by atoms with Crippen molar-refractivity contribution in [1.29, 1.82) is 0 Å². The number of amides is 1. The monoisotopic (exact) mass is 278 g/mol. The summed E-state index contributed by atoms with van der Waals surface area (Å²) in [5.74, 6) is 1.75. The highest BCUT2D eigenvalue weighted by Gasteiger charge is 2.20. The largest absolute Gasteiger partial charge is 0.493 e. The summed E-state index contributed by atoms with van der Waals surface area (Å²) in [5.41, 5.74) is 6.70.